The van der Waals surface area contributed by atoms with Crippen LogP contribution in [0.3, 0.4) is 0 Å². The lowest BCUT2D eigenvalue weighted by atomic mass is 9.94. The molecule has 1 heterocycles. The average molecular weight is 335 g/mol. The molecule has 0 unspecified atom stereocenters. The fraction of sp³-hybridized carbons (Fsp3) is 0.611. The monoisotopic (exact) mass is 335 g/mol. The number of benzene rings is 1. The maximum atomic E-state index is 12.4. The van der Waals surface area contributed by atoms with E-state index < -0.39 is 0 Å². The molecule has 126 valence electrons. The van der Waals surface area contributed by atoms with Gasteiger partial charge in [-0.3, -0.25) is 4.79 Å². The largest absolute Gasteiger partial charge is 0.349 e. The van der Waals surface area contributed by atoms with Crippen LogP contribution in [0.15, 0.2) is 29.2 Å². The van der Waals surface area contributed by atoms with Crippen molar-refractivity contribution in [1.82, 2.24) is 5.32 Å². The standard InChI is InChI=1S/C18H25NO3S/c1-2-23-16-9-5-4-8-15(16)17(20)19-12-14-13-21-18(22-14)10-6-3-7-11-18/h4-5,8-9,14H,2-3,6-7,10-13H2,1H3,(H,19,20)/t14-/m0/s1. The predicted octanol–water partition coefficient (Wildman–Crippen LogP) is 3.60. The summed E-state index contributed by atoms with van der Waals surface area (Å²) >= 11 is 1.69. The zero-order chi connectivity index (χ0) is 16.1. The maximum Gasteiger partial charge on any atom is 0.252 e. The van der Waals surface area contributed by atoms with Gasteiger partial charge in [0.1, 0.15) is 6.10 Å². The van der Waals surface area contributed by atoms with E-state index in [2.05, 4.69) is 12.2 Å². The number of carbonyl (C=O) groups excluding carboxylic acids is 1. The molecule has 1 aliphatic heterocycles. The summed E-state index contributed by atoms with van der Waals surface area (Å²) in [6.45, 7) is 3.17. The Morgan fingerprint density at radius 2 is 2.09 bits per heavy atom. The van der Waals surface area contributed by atoms with Crippen molar-refractivity contribution >= 4 is 17.7 Å². The molecule has 3 rings (SSSR count). The summed E-state index contributed by atoms with van der Waals surface area (Å²) in [5.74, 6) is 0.547. The fourth-order valence-electron chi connectivity index (χ4n) is 3.31. The molecule has 1 spiro atoms. The van der Waals surface area contributed by atoms with E-state index in [0.29, 0.717) is 13.2 Å². The number of ether oxygens (including phenoxy) is 2. The van der Waals surface area contributed by atoms with Crippen molar-refractivity contribution in [2.24, 2.45) is 0 Å². The van der Waals surface area contributed by atoms with E-state index in [1.807, 2.05) is 24.3 Å². The summed E-state index contributed by atoms with van der Waals surface area (Å²) in [6.07, 6.45) is 5.52. The minimum absolute atomic E-state index is 0.0326. The number of carbonyl (C=O) groups is 1. The Bertz CT molecular complexity index is 543. The van der Waals surface area contributed by atoms with Crippen LogP contribution >= 0.6 is 11.8 Å². The van der Waals surface area contributed by atoms with Gasteiger partial charge in [-0.15, -0.1) is 11.8 Å². The van der Waals surface area contributed by atoms with Gasteiger partial charge in [0, 0.05) is 24.3 Å². The van der Waals surface area contributed by atoms with E-state index in [-0.39, 0.29) is 17.8 Å². The Kier molecular flexibility index (Phi) is 5.62. The molecule has 1 saturated carbocycles. The first-order chi connectivity index (χ1) is 11.2. The molecule has 2 aliphatic rings. The SMILES string of the molecule is CCSc1ccccc1C(=O)NC[C@H]1COC2(CCCCC2)O1. The molecule has 5 heteroatoms. The van der Waals surface area contributed by atoms with Crippen LogP contribution in [0.2, 0.25) is 0 Å². The normalized spacial score (nSPS) is 23.1. The topological polar surface area (TPSA) is 47.6 Å². The highest BCUT2D eigenvalue weighted by Gasteiger charge is 2.42. The Balaban J connectivity index is 1.54. The lowest BCUT2D eigenvalue weighted by molar-refractivity contribution is -0.186. The summed E-state index contributed by atoms with van der Waals surface area (Å²) in [5.41, 5.74) is 0.741. The summed E-state index contributed by atoms with van der Waals surface area (Å²) in [5, 5.41) is 3.00. The molecule has 1 aliphatic carbocycles. The van der Waals surface area contributed by atoms with Gasteiger partial charge in [0.05, 0.1) is 12.2 Å². The second-order valence-electron chi connectivity index (χ2n) is 6.16. The summed E-state index contributed by atoms with van der Waals surface area (Å²) in [4.78, 5) is 13.5. The lowest BCUT2D eigenvalue weighted by Crippen LogP contribution is -2.37. The van der Waals surface area contributed by atoms with Crippen molar-refractivity contribution in [2.45, 2.75) is 55.8 Å². The second kappa shape index (κ2) is 7.69. The third kappa shape index (κ3) is 4.08. The molecule has 1 aromatic rings. The second-order valence-corrected chi connectivity index (χ2v) is 7.47. The van der Waals surface area contributed by atoms with Gasteiger partial charge in [0.15, 0.2) is 5.79 Å². The number of rotatable bonds is 5. The van der Waals surface area contributed by atoms with Crippen molar-refractivity contribution in [2.75, 3.05) is 18.9 Å². The highest BCUT2D eigenvalue weighted by atomic mass is 32.2. The van der Waals surface area contributed by atoms with Crippen molar-refractivity contribution in [3.63, 3.8) is 0 Å². The zero-order valence-electron chi connectivity index (χ0n) is 13.7. The number of thioether (sulfide) groups is 1. The number of amides is 1. The molecule has 1 aromatic carbocycles. The number of nitrogens with one attached hydrogen (secondary N) is 1. The summed E-state index contributed by atoms with van der Waals surface area (Å²) in [6, 6.07) is 7.74. The quantitative estimate of drug-likeness (QED) is 0.835. The van der Waals surface area contributed by atoms with Gasteiger partial charge in [-0.1, -0.05) is 25.5 Å². The van der Waals surface area contributed by atoms with E-state index in [1.165, 1.54) is 19.3 Å². The minimum Gasteiger partial charge on any atom is -0.349 e. The van der Waals surface area contributed by atoms with E-state index in [0.717, 1.165) is 29.1 Å². The maximum absolute atomic E-state index is 12.4. The Labute approximate surface area is 142 Å². The van der Waals surface area contributed by atoms with Crippen LogP contribution in [0, 0.1) is 0 Å². The number of hydrogen-bond acceptors (Lipinski definition) is 4. The van der Waals surface area contributed by atoms with Crippen LogP contribution in [0.1, 0.15) is 49.4 Å². The molecule has 1 N–H and O–H groups in total. The highest BCUT2D eigenvalue weighted by Crippen LogP contribution is 2.37. The predicted molar refractivity (Wildman–Crippen MR) is 91.8 cm³/mol. The van der Waals surface area contributed by atoms with Gasteiger partial charge in [0.2, 0.25) is 0 Å². The van der Waals surface area contributed by atoms with Crippen molar-refractivity contribution in [3.05, 3.63) is 29.8 Å². The molecule has 0 aromatic heterocycles. The van der Waals surface area contributed by atoms with Gasteiger partial charge in [-0.2, -0.15) is 0 Å². The molecule has 2 fully saturated rings. The van der Waals surface area contributed by atoms with E-state index in [9.17, 15) is 4.79 Å². The lowest BCUT2D eigenvalue weighted by Gasteiger charge is -2.31. The first kappa shape index (κ1) is 16.8. The van der Waals surface area contributed by atoms with Crippen LogP contribution in [-0.4, -0.2) is 36.7 Å². The third-order valence-electron chi connectivity index (χ3n) is 4.45. The number of hydrogen-bond donors (Lipinski definition) is 1. The van der Waals surface area contributed by atoms with Crippen LogP contribution < -0.4 is 5.32 Å². The molecule has 23 heavy (non-hydrogen) atoms. The molecule has 1 atom stereocenters. The molecule has 0 bridgehead atoms. The minimum atomic E-state index is -0.371. The van der Waals surface area contributed by atoms with Crippen LogP contribution in [0.5, 0.6) is 0 Å². The van der Waals surface area contributed by atoms with Gasteiger partial charge >= 0.3 is 0 Å². The smallest absolute Gasteiger partial charge is 0.252 e. The molecule has 1 saturated heterocycles. The average Bonchev–Trinajstić information content (AvgIpc) is 2.97. The van der Waals surface area contributed by atoms with Gasteiger partial charge < -0.3 is 14.8 Å². The van der Waals surface area contributed by atoms with Crippen LogP contribution in [0.25, 0.3) is 0 Å². The van der Waals surface area contributed by atoms with Gasteiger partial charge in [-0.05, 0) is 30.7 Å². The molecule has 0 radical (unpaired) electrons. The van der Waals surface area contributed by atoms with E-state index >= 15 is 0 Å². The van der Waals surface area contributed by atoms with Gasteiger partial charge in [0.25, 0.3) is 5.91 Å². The van der Waals surface area contributed by atoms with Crippen molar-refractivity contribution in [1.29, 1.82) is 0 Å². The fourth-order valence-corrected chi connectivity index (χ4v) is 4.11. The Hall–Kier alpha value is -1.04. The Morgan fingerprint density at radius 1 is 1.30 bits per heavy atom. The van der Waals surface area contributed by atoms with Crippen molar-refractivity contribution in [3.8, 4) is 0 Å². The molecule has 4 nitrogen and oxygen atoms in total. The van der Waals surface area contributed by atoms with Crippen molar-refractivity contribution < 1.29 is 14.3 Å². The summed E-state index contributed by atoms with van der Waals surface area (Å²) < 4.78 is 12.0. The van der Waals surface area contributed by atoms with E-state index in [1.54, 1.807) is 11.8 Å². The molecular weight excluding hydrogens is 310 g/mol. The van der Waals surface area contributed by atoms with E-state index in [4.69, 9.17) is 9.47 Å². The van der Waals surface area contributed by atoms with Crippen LogP contribution in [0.4, 0.5) is 0 Å². The van der Waals surface area contributed by atoms with Gasteiger partial charge in [-0.25, -0.2) is 0 Å². The first-order valence-electron chi connectivity index (χ1n) is 8.54. The highest BCUT2D eigenvalue weighted by molar-refractivity contribution is 7.99. The third-order valence-corrected chi connectivity index (χ3v) is 5.41. The molecule has 1 amide bonds. The summed E-state index contributed by atoms with van der Waals surface area (Å²) in [7, 11) is 0. The molecular formula is C18H25NO3S. The zero-order valence-corrected chi connectivity index (χ0v) is 14.5. The first-order valence-corrected chi connectivity index (χ1v) is 9.53. The Morgan fingerprint density at radius 3 is 2.87 bits per heavy atom. The van der Waals surface area contributed by atoms with Crippen LogP contribution in [-0.2, 0) is 9.47 Å².